The second-order valence-corrected chi connectivity index (χ2v) is 10.6. The van der Waals surface area contributed by atoms with E-state index in [1.165, 1.54) is 0 Å². The maximum absolute atomic E-state index is 10.1. The highest BCUT2D eigenvalue weighted by Gasteiger charge is 2.37. The molecule has 7 rings (SSSR count). The Morgan fingerprint density at radius 3 is 1.15 bits per heavy atom. The molecule has 5 aromatic rings. The van der Waals surface area contributed by atoms with E-state index < -0.39 is 0 Å². The summed E-state index contributed by atoms with van der Waals surface area (Å²) in [6, 6.07) is 33.6. The SMILES string of the molecule is N#CC(C#N)=C1c2cc3cc(C#N)c(C#N)cc3cc2-c2c1ccc1c2C(=C(C#N)C#N)c2cc3cc(C#N)c(C#N)cc3cc2-1. The van der Waals surface area contributed by atoms with Crippen molar-refractivity contribution in [3.05, 3.63) is 116 Å². The normalized spacial score (nSPS) is 11.2. The number of allylic oxidation sites excluding steroid dienone is 2. The van der Waals surface area contributed by atoms with Gasteiger partial charge in [0, 0.05) is 16.7 Å². The summed E-state index contributed by atoms with van der Waals surface area (Å²) >= 11 is 0. The van der Waals surface area contributed by atoms with Gasteiger partial charge in [-0.1, -0.05) is 12.1 Å². The fourth-order valence-electron chi connectivity index (χ4n) is 6.57. The molecule has 0 saturated carbocycles. The molecule has 202 valence electrons. The van der Waals surface area contributed by atoms with Crippen molar-refractivity contribution in [3.63, 3.8) is 0 Å². The van der Waals surface area contributed by atoms with E-state index in [0.717, 1.165) is 0 Å². The molecule has 0 N–H and O–H groups in total. The lowest BCUT2D eigenvalue weighted by atomic mass is 9.89. The first-order valence-corrected chi connectivity index (χ1v) is 13.6. The molecule has 0 spiro atoms. The van der Waals surface area contributed by atoms with E-state index in [0.29, 0.717) is 77.2 Å². The third-order valence-corrected chi connectivity index (χ3v) is 8.48. The Labute approximate surface area is 261 Å². The Bertz CT molecular complexity index is 2740. The van der Waals surface area contributed by atoms with Crippen molar-refractivity contribution in [2.24, 2.45) is 0 Å². The van der Waals surface area contributed by atoms with Gasteiger partial charge >= 0.3 is 0 Å². The molecular formula is C38H10N8. The number of benzene rings is 5. The molecule has 0 saturated heterocycles. The number of hydrogen-bond donors (Lipinski definition) is 0. The predicted molar refractivity (Wildman–Crippen MR) is 166 cm³/mol. The van der Waals surface area contributed by atoms with Crippen molar-refractivity contribution in [1.29, 1.82) is 42.1 Å². The molecule has 0 aromatic heterocycles. The minimum Gasteiger partial charge on any atom is -0.192 e. The molecule has 8 heteroatoms. The van der Waals surface area contributed by atoms with Gasteiger partial charge in [-0.2, -0.15) is 42.1 Å². The van der Waals surface area contributed by atoms with E-state index >= 15 is 0 Å². The van der Waals surface area contributed by atoms with Crippen LogP contribution in [0, 0.1) is 90.6 Å². The largest absolute Gasteiger partial charge is 0.192 e. The highest BCUT2D eigenvalue weighted by Crippen LogP contribution is 2.57. The third kappa shape index (κ3) is 3.46. The zero-order valence-electron chi connectivity index (χ0n) is 23.4. The van der Waals surface area contributed by atoms with Crippen molar-refractivity contribution in [2.45, 2.75) is 0 Å². The molecule has 0 bridgehead atoms. The van der Waals surface area contributed by atoms with Gasteiger partial charge in [-0.25, -0.2) is 0 Å². The smallest absolute Gasteiger partial charge is 0.138 e. The molecule has 0 amide bonds. The zero-order chi connectivity index (χ0) is 32.3. The highest BCUT2D eigenvalue weighted by molar-refractivity contribution is 6.18. The molecule has 0 fully saturated rings. The van der Waals surface area contributed by atoms with Crippen molar-refractivity contribution in [3.8, 4) is 70.8 Å². The fourth-order valence-corrected chi connectivity index (χ4v) is 6.57. The van der Waals surface area contributed by atoms with Gasteiger partial charge in [-0.05, 0) is 109 Å². The Morgan fingerprint density at radius 1 is 0.348 bits per heavy atom. The summed E-state index contributed by atoms with van der Waals surface area (Å²) in [5.41, 5.74) is 6.25. The average Bonchev–Trinajstić information content (AvgIpc) is 3.57. The van der Waals surface area contributed by atoms with Crippen LogP contribution in [-0.4, -0.2) is 0 Å². The molecule has 2 aliphatic carbocycles. The van der Waals surface area contributed by atoms with E-state index in [2.05, 4.69) is 12.1 Å². The van der Waals surface area contributed by atoms with Crippen LogP contribution >= 0.6 is 0 Å². The van der Waals surface area contributed by atoms with Crippen LogP contribution in [0.25, 0.3) is 54.9 Å². The summed E-state index contributed by atoms with van der Waals surface area (Å²) in [6.07, 6.45) is 0. The molecule has 0 atom stereocenters. The van der Waals surface area contributed by atoms with Crippen molar-refractivity contribution >= 4 is 32.7 Å². The van der Waals surface area contributed by atoms with Gasteiger partial charge in [-0.15, -0.1) is 0 Å². The van der Waals surface area contributed by atoms with Crippen LogP contribution in [0.5, 0.6) is 0 Å². The fraction of sp³-hybridized carbons (Fsp3) is 0. The number of nitriles is 8. The minimum atomic E-state index is -0.145. The van der Waals surface area contributed by atoms with E-state index in [4.69, 9.17) is 0 Å². The second kappa shape index (κ2) is 9.80. The standard InChI is InChI=1S/C38H10N8/c39-11-23-3-19-7-31-29-1-2-30-35(27(15-43)16-44)33-9-21-5-25(13-41)26(14-42)6-22(21)10-34(33)37(30)38(29)36(28(17-45)18-46)32(31)8-20(19)4-24(23)12-40/h1-10H. The molecule has 0 aliphatic heterocycles. The second-order valence-electron chi connectivity index (χ2n) is 10.6. The quantitative estimate of drug-likeness (QED) is 0.169. The Hall–Kier alpha value is -7.98. The Balaban J connectivity index is 1.66. The van der Waals surface area contributed by atoms with Gasteiger partial charge in [0.2, 0.25) is 0 Å². The Kier molecular flexibility index (Phi) is 5.73. The number of fused-ring (bicyclic) bond motifs is 9. The number of rotatable bonds is 0. The van der Waals surface area contributed by atoms with Crippen LogP contribution in [0.4, 0.5) is 0 Å². The van der Waals surface area contributed by atoms with Crippen LogP contribution in [0.15, 0.2) is 71.8 Å². The van der Waals surface area contributed by atoms with Crippen molar-refractivity contribution in [1.82, 2.24) is 0 Å². The lowest BCUT2D eigenvalue weighted by Crippen LogP contribution is -1.93. The van der Waals surface area contributed by atoms with Gasteiger partial charge in [0.25, 0.3) is 0 Å². The number of hydrogen-bond acceptors (Lipinski definition) is 8. The van der Waals surface area contributed by atoms with Crippen molar-refractivity contribution < 1.29 is 0 Å². The van der Waals surface area contributed by atoms with Gasteiger partial charge in [-0.3, -0.25) is 0 Å². The Morgan fingerprint density at radius 2 is 0.717 bits per heavy atom. The van der Waals surface area contributed by atoms with Gasteiger partial charge in [0.1, 0.15) is 59.7 Å². The van der Waals surface area contributed by atoms with Crippen molar-refractivity contribution in [2.75, 3.05) is 0 Å². The van der Waals surface area contributed by atoms with E-state index in [-0.39, 0.29) is 33.4 Å². The first-order valence-electron chi connectivity index (χ1n) is 13.6. The molecular weight excluding hydrogens is 568 g/mol. The van der Waals surface area contributed by atoms with E-state index in [9.17, 15) is 42.1 Å². The average molecular weight is 579 g/mol. The predicted octanol–water partition coefficient (Wildman–Crippen LogP) is 7.14. The summed E-state index contributed by atoms with van der Waals surface area (Å²) < 4.78 is 0. The molecule has 0 heterocycles. The summed E-state index contributed by atoms with van der Waals surface area (Å²) in [6.45, 7) is 0. The van der Waals surface area contributed by atoms with Crippen LogP contribution in [-0.2, 0) is 0 Å². The third-order valence-electron chi connectivity index (χ3n) is 8.48. The lowest BCUT2D eigenvalue weighted by Gasteiger charge is -2.12. The monoisotopic (exact) mass is 578 g/mol. The minimum absolute atomic E-state index is 0.130. The van der Waals surface area contributed by atoms with E-state index in [1.54, 1.807) is 42.5 Å². The molecule has 0 unspecified atom stereocenters. The molecule has 0 radical (unpaired) electrons. The van der Waals surface area contributed by atoms with Gasteiger partial charge in [0.15, 0.2) is 0 Å². The van der Waals surface area contributed by atoms with Gasteiger partial charge < -0.3 is 0 Å². The molecule has 8 nitrogen and oxygen atoms in total. The number of nitrogens with zero attached hydrogens (tertiary/aromatic N) is 8. The topological polar surface area (TPSA) is 190 Å². The van der Waals surface area contributed by atoms with Crippen LogP contribution in [0.1, 0.15) is 44.5 Å². The lowest BCUT2D eigenvalue weighted by molar-refractivity contribution is 1.44. The van der Waals surface area contributed by atoms with E-state index in [1.807, 2.05) is 54.6 Å². The zero-order valence-corrected chi connectivity index (χ0v) is 23.4. The first-order chi connectivity index (χ1) is 22.4. The molecule has 2 aliphatic rings. The summed E-state index contributed by atoms with van der Waals surface area (Å²) in [4.78, 5) is 0. The summed E-state index contributed by atoms with van der Waals surface area (Å²) in [5, 5.41) is 81.5. The van der Waals surface area contributed by atoms with Crippen LogP contribution < -0.4 is 0 Å². The van der Waals surface area contributed by atoms with Crippen LogP contribution in [0.2, 0.25) is 0 Å². The van der Waals surface area contributed by atoms with Gasteiger partial charge in [0.05, 0.1) is 22.3 Å². The highest BCUT2D eigenvalue weighted by atomic mass is 14.4. The summed E-state index contributed by atoms with van der Waals surface area (Å²) in [5.74, 6) is 0. The van der Waals surface area contributed by atoms with Crippen LogP contribution in [0.3, 0.4) is 0 Å². The first kappa shape index (κ1) is 26.9. The maximum Gasteiger partial charge on any atom is 0.138 e. The molecule has 46 heavy (non-hydrogen) atoms. The summed E-state index contributed by atoms with van der Waals surface area (Å²) in [7, 11) is 0. The molecule has 5 aromatic carbocycles. The maximum atomic E-state index is 10.1.